The molecule has 1 aliphatic heterocycles. The van der Waals surface area contributed by atoms with E-state index in [1.54, 1.807) is 0 Å². The smallest absolute Gasteiger partial charge is 0.129 e. The quantitative estimate of drug-likeness (QED) is 0.718. The van der Waals surface area contributed by atoms with Crippen molar-refractivity contribution in [2.75, 3.05) is 18.0 Å². The molecular weight excluding hydrogens is 340 g/mol. The number of fused-ring (bicyclic) bond motifs is 1. The van der Waals surface area contributed by atoms with Crippen LogP contribution < -0.4 is 4.90 Å². The van der Waals surface area contributed by atoms with Crippen LogP contribution in [0.4, 0.5) is 5.82 Å². The second-order valence-corrected chi connectivity index (χ2v) is 6.82. The number of halogens is 1. The third-order valence-corrected chi connectivity index (χ3v) is 4.79. The Bertz CT molecular complexity index is 820. The van der Waals surface area contributed by atoms with Gasteiger partial charge in [-0.25, -0.2) is 9.97 Å². The number of hydrogen-bond acceptors (Lipinski definition) is 3. The molecule has 2 aromatic heterocycles. The molecule has 3 aromatic rings. The predicted octanol–water partition coefficient (Wildman–Crippen LogP) is 3.64. The molecule has 22 heavy (non-hydrogen) atoms. The lowest BCUT2D eigenvalue weighted by Crippen LogP contribution is -2.49. The van der Waals surface area contributed by atoms with E-state index in [9.17, 15) is 0 Å². The van der Waals surface area contributed by atoms with Crippen molar-refractivity contribution >= 4 is 32.7 Å². The molecular formula is C17H17BrN4. The lowest BCUT2D eigenvalue weighted by atomic mass is 10.00. The number of imidazole rings is 1. The minimum absolute atomic E-state index is 0.674. The van der Waals surface area contributed by atoms with Gasteiger partial charge in [0.25, 0.3) is 0 Å². The van der Waals surface area contributed by atoms with E-state index in [0.717, 1.165) is 41.3 Å². The van der Waals surface area contributed by atoms with Crippen LogP contribution in [0.3, 0.4) is 0 Å². The summed E-state index contributed by atoms with van der Waals surface area (Å²) in [6.07, 6.45) is 3.93. The second-order valence-electron chi connectivity index (χ2n) is 5.90. The van der Waals surface area contributed by atoms with Crippen molar-refractivity contribution in [1.29, 1.82) is 0 Å². The van der Waals surface area contributed by atoms with Crippen LogP contribution in [0.15, 0.2) is 47.2 Å². The van der Waals surface area contributed by atoms with Crippen molar-refractivity contribution < 1.29 is 0 Å². The number of nitrogens with zero attached hydrogens (tertiary/aromatic N) is 4. The summed E-state index contributed by atoms with van der Waals surface area (Å²) in [6, 6.07) is 10.5. The van der Waals surface area contributed by atoms with Gasteiger partial charge in [0.1, 0.15) is 11.6 Å². The first-order valence-corrected chi connectivity index (χ1v) is 8.27. The van der Waals surface area contributed by atoms with Gasteiger partial charge in [0.15, 0.2) is 0 Å². The van der Waals surface area contributed by atoms with Crippen LogP contribution in [-0.4, -0.2) is 27.6 Å². The molecule has 4 rings (SSSR count). The van der Waals surface area contributed by atoms with Crippen LogP contribution in [0, 0.1) is 12.8 Å². The SMILES string of the molecule is Cc1nccn1CC1CN(c2ccc3ccc(Br)cc3n2)C1. The maximum absolute atomic E-state index is 4.78. The zero-order chi connectivity index (χ0) is 15.1. The number of aromatic nitrogens is 3. The molecule has 1 fully saturated rings. The summed E-state index contributed by atoms with van der Waals surface area (Å²) in [7, 11) is 0. The minimum Gasteiger partial charge on any atom is -0.356 e. The van der Waals surface area contributed by atoms with Gasteiger partial charge in [-0.3, -0.25) is 0 Å². The average Bonchev–Trinajstić information content (AvgIpc) is 2.87. The third-order valence-electron chi connectivity index (χ3n) is 4.30. The largest absolute Gasteiger partial charge is 0.356 e. The first-order chi connectivity index (χ1) is 10.7. The van der Waals surface area contributed by atoms with Gasteiger partial charge in [0.05, 0.1) is 5.52 Å². The van der Waals surface area contributed by atoms with Crippen LogP contribution in [0.1, 0.15) is 5.82 Å². The Hall–Kier alpha value is -1.88. The highest BCUT2D eigenvalue weighted by atomic mass is 79.9. The van der Waals surface area contributed by atoms with Gasteiger partial charge in [-0.2, -0.15) is 0 Å². The van der Waals surface area contributed by atoms with E-state index in [1.807, 2.05) is 6.20 Å². The zero-order valence-corrected chi connectivity index (χ0v) is 14.0. The Labute approximate surface area is 137 Å². The molecule has 1 aliphatic rings. The van der Waals surface area contributed by atoms with Gasteiger partial charge in [-0.05, 0) is 31.2 Å². The summed E-state index contributed by atoms with van der Waals surface area (Å²) < 4.78 is 3.30. The minimum atomic E-state index is 0.674. The molecule has 0 bridgehead atoms. The maximum atomic E-state index is 4.78. The van der Waals surface area contributed by atoms with E-state index >= 15 is 0 Å². The van der Waals surface area contributed by atoms with E-state index in [2.05, 4.69) is 73.8 Å². The normalized spacial score (nSPS) is 15.3. The molecule has 5 heteroatoms. The standard InChI is InChI=1S/C17H17BrN4/c1-12-19-6-7-21(12)9-13-10-22(11-13)17-5-3-14-2-4-15(18)8-16(14)20-17/h2-8,13H,9-11H2,1H3. The summed E-state index contributed by atoms with van der Waals surface area (Å²) in [5.74, 6) is 2.84. The van der Waals surface area contributed by atoms with Crippen molar-refractivity contribution in [3.05, 3.63) is 53.0 Å². The number of hydrogen-bond donors (Lipinski definition) is 0. The van der Waals surface area contributed by atoms with Crippen LogP contribution in [0.2, 0.25) is 0 Å². The highest BCUT2D eigenvalue weighted by Crippen LogP contribution is 2.27. The van der Waals surface area contributed by atoms with E-state index < -0.39 is 0 Å². The molecule has 0 saturated carbocycles. The number of benzene rings is 1. The number of anilines is 1. The Morgan fingerprint density at radius 2 is 2.05 bits per heavy atom. The topological polar surface area (TPSA) is 34.0 Å². The highest BCUT2D eigenvalue weighted by Gasteiger charge is 2.28. The zero-order valence-electron chi connectivity index (χ0n) is 12.4. The van der Waals surface area contributed by atoms with E-state index in [0.29, 0.717) is 5.92 Å². The molecule has 0 aliphatic carbocycles. The Balaban J connectivity index is 1.47. The van der Waals surface area contributed by atoms with Crippen molar-refractivity contribution in [3.8, 4) is 0 Å². The highest BCUT2D eigenvalue weighted by molar-refractivity contribution is 9.10. The van der Waals surface area contributed by atoms with Gasteiger partial charge < -0.3 is 9.47 Å². The van der Waals surface area contributed by atoms with Gasteiger partial charge >= 0.3 is 0 Å². The number of pyridine rings is 1. The Kier molecular flexibility index (Phi) is 3.37. The molecule has 0 spiro atoms. The van der Waals surface area contributed by atoms with Crippen molar-refractivity contribution in [1.82, 2.24) is 14.5 Å². The lowest BCUT2D eigenvalue weighted by molar-refractivity contribution is 0.352. The van der Waals surface area contributed by atoms with Gasteiger partial charge in [0, 0.05) is 47.8 Å². The summed E-state index contributed by atoms with van der Waals surface area (Å²) in [5, 5.41) is 1.18. The summed E-state index contributed by atoms with van der Waals surface area (Å²) in [5.41, 5.74) is 1.04. The first kappa shape index (κ1) is 13.8. The molecule has 1 saturated heterocycles. The van der Waals surface area contributed by atoms with Crippen LogP contribution in [0.25, 0.3) is 10.9 Å². The van der Waals surface area contributed by atoms with Gasteiger partial charge in [0.2, 0.25) is 0 Å². The summed E-state index contributed by atoms with van der Waals surface area (Å²) in [4.78, 5) is 11.4. The fourth-order valence-corrected chi connectivity index (χ4v) is 3.35. The predicted molar refractivity (Wildman–Crippen MR) is 92.1 cm³/mol. The number of rotatable bonds is 3. The van der Waals surface area contributed by atoms with Crippen molar-refractivity contribution in [2.24, 2.45) is 5.92 Å². The molecule has 0 unspecified atom stereocenters. The lowest BCUT2D eigenvalue weighted by Gasteiger charge is -2.40. The van der Waals surface area contributed by atoms with E-state index in [-0.39, 0.29) is 0 Å². The summed E-state index contributed by atoms with van der Waals surface area (Å²) in [6.45, 7) is 5.22. The van der Waals surface area contributed by atoms with Crippen LogP contribution in [0.5, 0.6) is 0 Å². The average molecular weight is 357 g/mol. The van der Waals surface area contributed by atoms with Gasteiger partial charge in [-0.1, -0.05) is 22.0 Å². The van der Waals surface area contributed by atoms with Crippen molar-refractivity contribution in [2.45, 2.75) is 13.5 Å². The van der Waals surface area contributed by atoms with Crippen LogP contribution in [-0.2, 0) is 6.54 Å². The fourth-order valence-electron chi connectivity index (χ4n) is 3.00. The van der Waals surface area contributed by atoms with Crippen LogP contribution >= 0.6 is 15.9 Å². The molecule has 4 nitrogen and oxygen atoms in total. The Morgan fingerprint density at radius 3 is 2.82 bits per heavy atom. The van der Waals surface area contributed by atoms with Gasteiger partial charge in [-0.15, -0.1) is 0 Å². The molecule has 0 radical (unpaired) electrons. The molecule has 0 N–H and O–H groups in total. The Morgan fingerprint density at radius 1 is 1.23 bits per heavy atom. The third kappa shape index (κ3) is 2.50. The summed E-state index contributed by atoms with van der Waals surface area (Å²) >= 11 is 3.51. The van der Waals surface area contributed by atoms with E-state index in [1.165, 1.54) is 5.39 Å². The molecule has 0 amide bonds. The molecule has 1 aromatic carbocycles. The number of aryl methyl sites for hydroxylation is 1. The first-order valence-electron chi connectivity index (χ1n) is 7.48. The monoisotopic (exact) mass is 356 g/mol. The second kappa shape index (κ2) is 5.39. The molecule has 3 heterocycles. The fraction of sp³-hybridized carbons (Fsp3) is 0.294. The molecule has 112 valence electrons. The van der Waals surface area contributed by atoms with E-state index in [4.69, 9.17) is 4.98 Å². The maximum Gasteiger partial charge on any atom is 0.129 e. The molecule has 0 atom stereocenters. The van der Waals surface area contributed by atoms with Crippen molar-refractivity contribution in [3.63, 3.8) is 0 Å².